The third-order valence-electron chi connectivity index (χ3n) is 6.33. The number of nitrogens with one attached hydrogen (secondary N) is 2. The van der Waals surface area contributed by atoms with Gasteiger partial charge in [-0.3, -0.25) is 14.8 Å². The average molecular weight is 523 g/mol. The molecular formula is C27H38N8O3. The molecule has 0 aliphatic carbocycles. The summed E-state index contributed by atoms with van der Waals surface area (Å²) in [5.41, 5.74) is 5.85. The van der Waals surface area contributed by atoms with Gasteiger partial charge < -0.3 is 19.9 Å². The summed E-state index contributed by atoms with van der Waals surface area (Å²) in [5.74, 6) is 1.19. The molecule has 0 spiro atoms. The molecule has 5 rings (SSSR count). The molecule has 2 bridgehead atoms. The SMILES string of the molecule is CC.CCOc1nn(C(C)CO)c2c1/C=C/c1n[nH]c3cnc(cc13)-c1c(C)nn(C)c1OC(C)CNC2. The Labute approximate surface area is 222 Å². The molecule has 3 N–H and O–H groups in total. The molecule has 1 aliphatic rings. The first-order valence-electron chi connectivity index (χ1n) is 13.2. The number of H-pyrrole nitrogens is 1. The summed E-state index contributed by atoms with van der Waals surface area (Å²) in [6.07, 6.45) is 5.57. The van der Waals surface area contributed by atoms with Crippen molar-refractivity contribution in [2.24, 2.45) is 7.05 Å². The van der Waals surface area contributed by atoms with Gasteiger partial charge in [-0.1, -0.05) is 13.8 Å². The van der Waals surface area contributed by atoms with Gasteiger partial charge in [-0.2, -0.15) is 10.2 Å². The molecule has 11 heteroatoms. The minimum absolute atomic E-state index is 0.0364. The molecule has 2 atom stereocenters. The number of aromatic amines is 1. The van der Waals surface area contributed by atoms with Gasteiger partial charge in [0.1, 0.15) is 6.10 Å². The molecule has 1 aliphatic heterocycles. The molecular weight excluding hydrogens is 484 g/mol. The maximum atomic E-state index is 9.86. The smallest absolute Gasteiger partial charge is 0.240 e. The van der Waals surface area contributed by atoms with Crippen LogP contribution >= 0.6 is 0 Å². The Morgan fingerprint density at radius 3 is 2.79 bits per heavy atom. The Morgan fingerprint density at radius 1 is 1.26 bits per heavy atom. The van der Waals surface area contributed by atoms with E-state index < -0.39 is 0 Å². The maximum absolute atomic E-state index is 9.86. The summed E-state index contributed by atoms with van der Waals surface area (Å²) in [6.45, 7) is 13.4. The van der Waals surface area contributed by atoms with Crippen LogP contribution in [0.15, 0.2) is 12.3 Å². The van der Waals surface area contributed by atoms with Gasteiger partial charge >= 0.3 is 0 Å². The number of pyridine rings is 1. The maximum Gasteiger partial charge on any atom is 0.240 e. The number of hydrogen-bond acceptors (Lipinski definition) is 8. The van der Waals surface area contributed by atoms with Gasteiger partial charge in [-0.25, -0.2) is 4.68 Å². The second-order valence-corrected chi connectivity index (χ2v) is 9.08. The third kappa shape index (κ3) is 5.16. The number of aliphatic hydroxyl groups excluding tert-OH is 1. The summed E-state index contributed by atoms with van der Waals surface area (Å²) in [7, 11) is 1.88. The topological polar surface area (TPSA) is 128 Å². The first kappa shape index (κ1) is 27.3. The van der Waals surface area contributed by atoms with Crippen molar-refractivity contribution in [1.82, 2.24) is 40.1 Å². The summed E-state index contributed by atoms with van der Waals surface area (Å²) in [6, 6.07) is 1.80. The van der Waals surface area contributed by atoms with Crippen LogP contribution in [0.1, 0.15) is 63.3 Å². The van der Waals surface area contributed by atoms with Crippen molar-refractivity contribution >= 4 is 23.1 Å². The van der Waals surface area contributed by atoms with Crippen molar-refractivity contribution < 1.29 is 14.6 Å². The number of aromatic nitrogens is 7. The third-order valence-corrected chi connectivity index (χ3v) is 6.33. The highest BCUT2D eigenvalue weighted by Crippen LogP contribution is 2.35. The van der Waals surface area contributed by atoms with Crippen LogP contribution in [-0.4, -0.2) is 65.7 Å². The van der Waals surface area contributed by atoms with Gasteiger partial charge in [-0.05, 0) is 45.9 Å². The Morgan fingerprint density at radius 2 is 2.05 bits per heavy atom. The fourth-order valence-corrected chi connectivity index (χ4v) is 4.54. The summed E-state index contributed by atoms with van der Waals surface area (Å²) >= 11 is 0. The largest absolute Gasteiger partial charge is 0.476 e. The molecule has 0 amide bonds. The Bertz CT molecular complexity index is 1420. The highest BCUT2D eigenvalue weighted by atomic mass is 16.5. The second kappa shape index (κ2) is 11.8. The second-order valence-electron chi connectivity index (χ2n) is 9.08. The number of aryl methyl sites for hydroxylation is 2. The number of aliphatic hydroxyl groups is 1. The van der Waals surface area contributed by atoms with E-state index in [1.165, 1.54) is 0 Å². The van der Waals surface area contributed by atoms with Crippen LogP contribution in [-0.2, 0) is 13.6 Å². The highest BCUT2D eigenvalue weighted by molar-refractivity contribution is 5.92. The van der Waals surface area contributed by atoms with Crippen LogP contribution in [0.5, 0.6) is 11.8 Å². The monoisotopic (exact) mass is 522 g/mol. The molecule has 0 aromatic carbocycles. The van der Waals surface area contributed by atoms with Crippen LogP contribution in [0.4, 0.5) is 0 Å². The quantitative estimate of drug-likeness (QED) is 0.368. The van der Waals surface area contributed by atoms with E-state index in [1.807, 2.05) is 71.5 Å². The fourth-order valence-electron chi connectivity index (χ4n) is 4.54. The Kier molecular flexibility index (Phi) is 8.48. The van der Waals surface area contributed by atoms with Crippen LogP contribution < -0.4 is 14.8 Å². The van der Waals surface area contributed by atoms with E-state index in [4.69, 9.17) is 9.47 Å². The molecule has 0 fully saturated rings. The van der Waals surface area contributed by atoms with Crippen molar-refractivity contribution in [3.63, 3.8) is 0 Å². The van der Waals surface area contributed by atoms with E-state index in [-0.39, 0.29) is 18.8 Å². The predicted molar refractivity (Wildman–Crippen MR) is 148 cm³/mol. The first-order chi connectivity index (χ1) is 18.4. The standard InChI is InChI=1S/C25H32N8O3.C2H6/c1-6-35-24-17-7-8-19-18-9-20(27-11-21(18)29-28-19)23-16(4)30-32(5)25(23)36-15(3)10-26-12-22(17)33(31-24)14(2)13-34;1-2/h7-9,11,14-15,26,34H,6,10,12-13H2,1-5H3,(H,28,29);1-2H3/b8-7+;. The van der Waals surface area contributed by atoms with Gasteiger partial charge in [-0.15, -0.1) is 5.10 Å². The van der Waals surface area contributed by atoms with Crippen LogP contribution in [0.2, 0.25) is 0 Å². The Hall–Kier alpha value is -3.70. The lowest BCUT2D eigenvalue weighted by Gasteiger charge is -2.18. The van der Waals surface area contributed by atoms with E-state index in [9.17, 15) is 5.11 Å². The minimum atomic E-state index is -0.210. The lowest BCUT2D eigenvalue weighted by atomic mass is 10.1. The van der Waals surface area contributed by atoms with E-state index in [2.05, 4.69) is 30.7 Å². The van der Waals surface area contributed by atoms with Crippen molar-refractivity contribution in [3.05, 3.63) is 34.9 Å². The minimum Gasteiger partial charge on any atom is -0.476 e. The van der Waals surface area contributed by atoms with Gasteiger partial charge in [0, 0.05) is 25.5 Å². The molecule has 0 saturated carbocycles. The van der Waals surface area contributed by atoms with Crippen LogP contribution in [0.3, 0.4) is 0 Å². The lowest BCUT2D eigenvalue weighted by Crippen LogP contribution is -2.30. The van der Waals surface area contributed by atoms with Crippen LogP contribution in [0, 0.1) is 6.92 Å². The number of rotatable bonds is 4. The molecule has 0 radical (unpaired) electrons. The fraction of sp³-hybridized carbons (Fsp3) is 0.481. The van der Waals surface area contributed by atoms with Gasteiger partial charge in [0.2, 0.25) is 11.8 Å². The molecule has 11 nitrogen and oxygen atoms in total. The zero-order valence-corrected chi connectivity index (χ0v) is 23.2. The predicted octanol–water partition coefficient (Wildman–Crippen LogP) is 3.88. The number of ether oxygens (including phenoxy) is 2. The van der Waals surface area contributed by atoms with Crippen molar-refractivity contribution in [1.29, 1.82) is 0 Å². The molecule has 4 aromatic heterocycles. The van der Waals surface area contributed by atoms with E-state index in [1.54, 1.807) is 10.9 Å². The van der Waals surface area contributed by atoms with Gasteiger partial charge in [0.05, 0.1) is 64.9 Å². The van der Waals surface area contributed by atoms with Crippen molar-refractivity contribution in [2.75, 3.05) is 19.8 Å². The first-order valence-corrected chi connectivity index (χ1v) is 13.2. The normalized spacial score (nSPS) is 16.9. The molecule has 4 aromatic rings. The highest BCUT2D eigenvalue weighted by Gasteiger charge is 2.23. The molecule has 5 heterocycles. The number of hydrogen-bond donors (Lipinski definition) is 3. The molecule has 38 heavy (non-hydrogen) atoms. The van der Waals surface area contributed by atoms with Crippen molar-refractivity contribution in [3.8, 4) is 23.0 Å². The van der Waals surface area contributed by atoms with E-state index in [0.717, 1.165) is 44.8 Å². The van der Waals surface area contributed by atoms with Crippen LogP contribution in [0.25, 0.3) is 34.3 Å². The summed E-state index contributed by atoms with van der Waals surface area (Å²) in [5, 5.41) is 31.2. The molecule has 2 unspecified atom stereocenters. The average Bonchev–Trinajstić information content (AvgIpc) is 3.56. The van der Waals surface area contributed by atoms with E-state index >= 15 is 0 Å². The zero-order valence-electron chi connectivity index (χ0n) is 23.2. The van der Waals surface area contributed by atoms with Gasteiger partial charge in [0.15, 0.2) is 0 Å². The zero-order chi connectivity index (χ0) is 27.4. The molecule has 0 saturated heterocycles. The van der Waals surface area contributed by atoms with E-state index in [0.29, 0.717) is 31.5 Å². The summed E-state index contributed by atoms with van der Waals surface area (Å²) < 4.78 is 15.8. The number of fused-ring (bicyclic) bond motifs is 4. The van der Waals surface area contributed by atoms with Gasteiger partial charge in [0.25, 0.3) is 0 Å². The molecule has 204 valence electrons. The van der Waals surface area contributed by atoms with Crippen molar-refractivity contribution in [2.45, 2.75) is 60.2 Å². The summed E-state index contributed by atoms with van der Waals surface area (Å²) in [4.78, 5) is 4.68. The number of nitrogens with zero attached hydrogens (tertiary/aromatic N) is 6. The lowest BCUT2D eigenvalue weighted by molar-refractivity contribution is 0.198. The Balaban J connectivity index is 0.00000164.